The lowest BCUT2D eigenvalue weighted by atomic mass is 10.7. The molecule has 0 aliphatic heterocycles. The van der Waals surface area contributed by atoms with E-state index in [9.17, 15) is 0 Å². The largest absolute Gasteiger partial charge is 0.263 e. The number of aromatic nitrogens is 4. The van der Waals surface area contributed by atoms with Crippen LogP contribution < -0.4 is 0 Å². The second kappa shape index (κ2) is 2.82. The molecule has 4 nitrogen and oxygen atoms in total. The van der Waals surface area contributed by atoms with Crippen LogP contribution in [0.2, 0.25) is 0 Å². The Morgan fingerprint density at radius 3 is 3.17 bits per heavy atom. The van der Waals surface area contributed by atoms with Crippen LogP contribution in [-0.2, 0) is 0 Å². The third kappa shape index (κ3) is 1.20. The third-order valence-electron chi connectivity index (χ3n) is 1.51. The number of nitrogens with one attached hydrogen (secondary N) is 1. The number of aryl methyl sites for hydroxylation is 1. The topological polar surface area (TPSA) is 46.0 Å². The van der Waals surface area contributed by atoms with Gasteiger partial charge in [-0.3, -0.25) is 5.10 Å². The average Bonchev–Trinajstić information content (AvgIpc) is 2.44. The fourth-order valence-electron chi connectivity index (χ4n) is 1.08. The van der Waals surface area contributed by atoms with E-state index in [0.29, 0.717) is 0 Å². The van der Waals surface area contributed by atoms with E-state index in [-0.39, 0.29) is 0 Å². The minimum atomic E-state index is 0.892. The first-order valence-corrected chi connectivity index (χ1v) is 4.83. The molecule has 0 amide bonds. The normalized spacial score (nSPS) is 11.2. The molecule has 1 N–H and O–H groups in total. The maximum atomic E-state index is 4.28. The van der Waals surface area contributed by atoms with Gasteiger partial charge in [0.05, 0.1) is 0 Å². The fourth-order valence-corrected chi connectivity index (χ4v) is 1.70. The summed E-state index contributed by atoms with van der Waals surface area (Å²) in [5, 5.41) is 8.33. The van der Waals surface area contributed by atoms with Crippen LogP contribution in [-0.4, -0.2) is 25.6 Å². The van der Waals surface area contributed by atoms with Gasteiger partial charge in [-0.05, 0) is 12.7 Å². The molecule has 0 aromatic carbocycles. The van der Waals surface area contributed by atoms with Crippen LogP contribution in [0.1, 0.15) is 12.7 Å². The van der Waals surface area contributed by atoms with Gasteiger partial charge in [-0.25, -0.2) is 4.98 Å². The van der Waals surface area contributed by atoms with Gasteiger partial charge in [-0.2, -0.15) is 4.63 Å². The SMILES string of the molecule is CCSc1cc2nc(C)[nH]n2n1. The monoisotopic (exact) mass is 182 g/mol. The lowest BCUT2D eigenvalue weighted by Crippen LogP contribution is -1.86. The van der Waals surface area contributed by atoms with E-state index >= 15 is 0 Å². The summed E-state index contributed by atoms with van der Waals surface area (Å²) < 4.78 is 1.70. The number of rotatable bonds is 2. The van der Waals surface area contributed by atoms with E-state index in [1.54, 1.807) is 16.4 Å². The summed E-state index contributed by atoms with van der Waals surface area (Å²) in [6, 6.07) is 1.98. The summed E-state index contributed by atoms with van der Waals surface area (Å²) in [5.41, 5.74) is 0.892. The lowest BCUT2D eigenvalue weighted by Gasteiger charge is -1.86. The minimum absolute atomic E-state index is 0.892. The first-order valence-electron chi connectivity index (χ1n) is 3.85. The minimum Gasteiger partial charge on any atom is -0.263 e. The Morgan fingerprint density at radius 2 is 2.50 bits per heavy atom. The summed E-state index contributed by atoms with van der Waals surface area (Å²) >= 11 is 1.72. The predicted octanol–water partition coefficient (Wildman–Crippen LogP) is 1.48. The quantitative estimate of drug-likeness (QED) is 0.715. The van der Waals surface area contributed by atoms with E-state index in [2.05, 4.69) is 22.1 Å². The molecule has 2 rings (SSSR count). The summed E-state index contributed by atoms with van der Waals surface area (Å²) in [5.74, 6) is 1.93. The molecule has 0 spiro atoms. The molecule has 0 aliphatic rings. The van der Waals surface area contributed by atoms with Gasteiger partial charge >= 0.3 is 0 Å². The highest BCUT2D eigenvalue weighted by molar-refractivity contribution is 7.99. The highest BCUT2D eigenvalue weighted by atomic mass is 32.2. The summed E-state index contributed by atoms with van der Waals surface area (Å²) in [4.78, 5) is 4.25. The molecule has 0 unspecified atom stereocenters. The summed E-state index contributed by atoms with van der Waals surface area (Å²) in [7, 11) is 0. The van der Waals surface area contributed by atoms with Crippen molar-refractivity contribution in [1.82, 2.24) is 19.8 Å². The highest BCUT2D eigenvalue weighted by Crippen LogP contribution is 2.16. The standard InChI is InChI=1S/C7H10N4S/c1-3-12-7-4-6-8-5(2)9-11(6)10-7/h4H,3H2,1-2H3,(H,8,9). The van der Waals surface area contributed by atoms with E-state index in [4.69, 9.17) is 0 Å². The van der Waals surface area contributed by atoms with Crippen LogP contribution in [0.25, 0.3) is 5.65 Å². The molecular weight excluding hydrogens is 172 g/mol. The number of thioether (sulfide) groups is 1. The maximum absolute atomic E-state index is 4.28. The van der Waals surface area contributed by atoms with Gasteiger partial charge in [0.2, 0.25) is 0 Å². The molecule has 2 aromatic heterocycles. The van der Waals surface area contributed by atoms with Crippen molar-refractivity contribution in [2.45, 2.75) is 18.9 Å². The molecule has 0 saturated heterocycles. The zero-order valence-corrected chi connectivity index (χ0v) is 7.85. The first kappa shape index (κ1) is 7.67. The predicted molar refractivity (Wildman–Crippen MR) is 48.5 cm³/mol. The number of aromatic amines is 1. The Morgan fingerprint density at radius 1 is 1.67 bits per heavy atom. The van der Waals surface area contributed by atoms with E-state index in [0.717, 1.165) is 22.3 Å². The maximum Gasteiger partial charge on any atom is 0.176 e. The van der Waals surface area contributed by atoms with Crippen LogP contribution in [0.3, 0.4) is 0 Å². The van der Waals surface area contributed by atoms with Gasteiger partial charge in [0.25, 0.3) is 0 Å². The smallest absolute Gasteiger partial charge is 0.176 e. The van der Waals surface area contributed by atoms with E-state index < -0.39 is 0 Å². The summed E-state index contributed by atoms with van der Waals surface area (Å²) in [6.07, 6.45) is 0. The van der Waals surface area contributed by atoms with Crippen molar-refractivity contribution in [2.24, 2.45) is 0 Å². The molecule has 0 radical (unpaired) electrons. The van der Waals surface area contributed by atoms with Crippen molar-refractivity contribution < 1.29 is 0 Å². The molecule has 0 saturated carbocycles. The average molecular weight is 182 g/mol. The Balaban J connectivity index is 2.43. The van der Waals surface area contributed by atoms with Crippen LogP contribution >= 0.6 is 11.8 Å². The Labute approximate surface area is 74.4 Å². The van der Waals surface area contributed by atoms with Gasteiger partial charge in [-0.15, -0.1) is 16.9 Å². The Hall–Kier alpha value is -0.970. The van der Waals surface area contributed by atoms with Crippen molar-refractivity contribution in [3.05, 3.63) is 11.9 Å². The molecule has 64 valence electrons. The molecule has 0 bridgehead atoms. The zero-order chi connectivity index (χ0) is 8.55. The Bertz CT molecular complexity index is 357. The number of fused-ring (bicyclic) bond motifs is 1. The van der Waals surface area contributed by atoms with Crippen LogP contribution in [0.5, 0.6) is 0 Å². The van der Waals surface area contributed by atoms with E-state index in [1.165, 1.54) is 0 Å². The molecule has 2 aromatic rings. The number of H-pyrrole nitrogens is 1. The highest BCUT2D eigenvalue weighted by Gasteiger charge is 2.03. The van der Waals surface area contributed by atoms with Crippen molar-refractivity contribution in [1.29, 1.82) is 0 Å². The molecular formula is C7H10N4S. The molecule has 5 heteroatoms. The second-order valence-corrected chi connectivity index (χ2v) is 3.78. The van der Waals surface area contributed by atoms with Crippen LogP contribution in [0.15, 0.2) is 11.1 Å². The van der Waals surface area contributed by atoms with Gasteiger partial charge in [0.1, 0.15) is 10.9 Å². The number of hydrogen-bond acceptors (Lipinski definition) is 3. The molecule has 0 atom stereocenters. The van der Waals surface area contributed by atoms with Gasteiger partial charge in [0.15, 0.2) is 5.65 Å². The van der Waals surface area contributed by atoms with Gasteiger partial charge < -0.3 is 0 Å². The van der Waals surface area contributed by atoms with Crippen molar-refractivity contribution in [2.75, 3.05) is 5.75 Å². The zero-order valence-electron chi connectivity index (χ0n) is 7.03. The van der Waals surface area contributed by atoms with Gasteiger partial charge in [-0.1, -0.05) is 6.92 Å². The Kier molecular flexibility index (Phi) is 1.80. The lowest BCUT2D eigenvalue weighted by molar-refractivity contribution is 0.773. The summed E-state index contributed by atoms with van der Waals surface area (Å²) in [6.45, 7) is 4.03. The first-order chi connectivity index (χ1) is 5.79. The number of nitrogens with zero attached hydrogens (tertiary/aromatic N) is 3. The van der Waals surface area contributed by atoms with Crippen molar-refractivity contribution in [3.63, 3.8) is 0 Å². The van der Waals surface area contributed by atoms with Crippen molar-refractivity contribution >= 4 is 17.4 Å². The van der Waals surface area contributed by atoms with Crippen LogP contribution in [0, 0.1) is 6.92 Å². The number of hydrogen-bond donors (Lipinski definition) is 1. The van der Waals surface area contributed by atoms with E-state index in [1.807, 2.05) is 13.0 Å². The molecule has 2 heterocycles. The van der Waals surface area contributed by atoms with Crippen molar-refractivity contribution in [3.8, 4) is 0 Å². The van der Waals surface area contributed by atoms with Gasteiger partial charge in [0, 0.05) is 6.07 Å². The molecule has 12 heavy (non-hydrogen) atoms. The van der Waals surface area contributed by atoms with Crippen LogP contribution in [0.4, 0.5) is 0 Å². The fraction of sp³-hybridized carbons (Fsp3) is 0.429. The second-order valence-electron chi connectivity index (χ2n) is 2.49. The molecule has 0 fully saturated rings. The third-order valence-corrected chi connectivity index (χ3v) is 2.29. The molecule has 0 aliphatic carbocycles.